The molecule has 0 heterocycles. The van der Waals surface area contributed by atoms with Gasteiger partial charge >= 0.3 is 33.6 Å². The molecule has 0 fully saturated rings. The zero-order valence-corrected chi connectivity index (χ0v) is 64.7. The van der Waals surface area contributed by atoms with E-state index in [0.717, 1.165) is 128 Å². The average molecular weight is 1440 g/mol. The molecule has 576 valence electrons. The molecule has 18 heteroatoms. The van der Waals surface area contributed by atoms with Crippen molar-refractivity contribution in [1.82, 2.24) is 0 Å². The summed E-state index contributed by atoms with van der Waals surface area (Å²) in [7, 11) is -9.77. The van der Waals surface area contributed by atoms with Crippen molar-refractivity contribution in [2.24, 2.45) is 0 Å². The van der Waals surface area contributed by atoms with E-state index < -0.39 is 91.5 Å². The summed E-state index contributed by atoms with van der Waals surface area (Å²) in [6.07, 6.45) is 83.8. The van der Waals surface area contributed by atoms with Crippen LogP contribution in [0.1, 0.15) is 355 Å². The third kappa shape index (κ3) is 75.7. The van der Waals surface area contributed by atoms with E-state index in [1.54, 1.807) is 0 Å². The van der Waals surface area contributed by atoms with E-state index in [0.29, 0.717) is 19.3 Å². The molecule has 4 N–H and O–H groups in total. The number of carbonyl (C=O) groups excluding carboxylic acids is 3. The molecule has 0 aliphatic carbocycles. The molecule has 0 amide bonds. The van der Waals surface area contributed by atoms with E-state index in [9.17, 15) is 43.5 Å². The van der Waals surface area contributed by atoms with Gasteiger partial charge in [-0.15, -0.1) is 0 Å². The van der Waals surface area contributed by atoms with Gasteiger partial charge in [-0.25, -0.2) is 9.13 Å². The average Bonchev–Trinajstić information content (AvgIpc) is 1.14. The van der Waals surface area contributed by atoms with Crippen LogP contribution in [0, 0.1) is 0 Å². The number of ether oxygens (including phenoxy) is 3. The number of phosphoric acid groups is 2. The summed E-state index contributed by atoms with van der Waals surface area (Å²) in [6, 6.07) is 0. The summed E-state index contributed by atoms with van der Waals surface area (Å²) < 4.78 is 61.0. The molecule has 0 rings (SSSR count). The van der Waals surface area contributed by atoms with Crippen LogP contribution in [0.3, 0.4) is 0 Å². The number of unbranched alkanes of at least 4 members (excludes halogenated alkanes) is 39. The molecule has 0 aromatic carbocycles. The Labute approximate surface area is 604 Å². The van der Waals surface area contributed by atoms with Crippen LogP contribution in [0.5, 0.6) is 0 Å². The van der Waals surface area contributed by atoms with Crippen LogP contribution in [0.4, 0.5) is 0 Å². The van der Waals surface area contributed by atoms with E-state index >= 15 is 0 Å². The van der Waals surface area contributed by atoms with Crippen LogP contribution in [0.2, 0.25) is 0 Å². The fraction of sp³-hybridized carbons (Fsp3) is 0.790. The van der Waals surface area contributed by atoms with E-state index in [-0.39, 0.29) is 19.3 Å². The highest BCUT2D eigenvalue weighted by molar-refractivity contribution is 7.47. The Morgan fingerprint density at radius 1 is 0.293 bits per heavy atom. The zero-order valence-electron chi connectivity index (χ0n) is 62.9. The summed E-state index contributed by atoms with van der Waals surface area (Å²) >= 11 is 0. The van der Waals surface area contributed by atoms with Gasteiger partial charge in [-0.05, 0) is 96.3 Å². The number of carbonyl (C=O) groups is 3. The second kappa shape index (κ2) is 74.4. The van der Waals surface area contributed by atoms with Crippen LogP contribution in [-0.4, -0.2) is 95.9 Å². The molecule has 16 nitrogen and oxygen atoms in total. The number of aliphatic hydroxyl groups is 2. The zero-order chi connectivity index (χ0) is 72.3. The maximum absolute atomic E-state index is 12.9. The van der Waals surface area contributed by atoms with Gasteiger partial charge in [0.05, 0.1) is 26.4 Å². The van der Waals surface area contributed by atoms with Crippen molar-refractivity contribution < 1.29 is 75.8 Å². The lowest BCUT2D eigenvalue weighted by atomic mass is 10.0. The van der Waals surface area contributed by atoms with E-state index in [2.05, 4.69) is 106 Å². The molecule has 5 unspecified atom stereocenters. The van der Waals surface area contributed by atoms with Crippen molar-refractivity contribution in [3.05, 3.63) is 85.1 Å². The Kier molecular flexibility index (Phi) is 72.0. The minimum atomic E-state index is -4.92. The summed E-state index contributed by atoms with van der Waals surface area (Å²) in [4.78, 5) is 58.5. The normalized spacial score (nSPS) is 14.5. The van der Waals surface area contributed by atoms with E-state index in [1.807, 2.05) is 0 Å². The van der Waals surface area contributed by atoms with Gasteiger partial charge in [0.15, 0.2) is 6.10 Å². The van der Waals surface area contributed by atoms with Gasteiger partial charge < -0.3 is 34.2 Å². The maximum atomic E-state index is 12.9. The molecule has 0 bridgehead atoms. The number of allylic oxidation sites excluding steroid dienone is 14. The van der Waals surface area contributed by atoms with Crippen molar-refractivity contribution in [2.45, 2.75) is 373 Å². The minimum Gasteiger partial charge on any atom is -0.463 e. The maximum Gasteiger partial charge on any atom is 0.472 e. The Hall–Kier alpha value is -3.27. The van der Waals surface area contributed by atoms with Gasteiger partial charge in [0.25, 0.3) is 0 Å². The molecular weight excluding hydrogens is 1290 g/mol. The molecule has 0 saturated heterocycles. The van der Waals surface area contributed by atoms with Crippen molar-refractivity contribution in [2.75, 3.05) is 39.6 Å². The van der Waals surface area contributed by atoms with Gasteiger partial charge in [0.2, 0.25) is 0 Å². The lowest BCUT2D eigenvalue weighted by Crippen LogP contribution is -2.30. The van der Waals surface area contributed by atoms with Gasteiger partial charge in [0, 0.05) is 19.3 Å². The summed E-state index contributed by atoms with van der Waals surface area (Å²) in [5, 5.41) is 20.6. The predicted molar refractivity (Wildman–Crippen MR) is 408 cm³/mol. The number of hydrogen-bond acceptors (Lipinski definition) is 14. The Bertz CT molecular complexity index is 2140. The summed E-state index contributed by atoms with van der Waals surface area (Å²) in [6.45, 7) is 2.56. The van der Waals surface area contributed by atoms with Gasteiger partial charge in [-0.2, -0.15) is 0 Å². The fourth-order valence-electron chi connectivity index (χ4n) is 11.0. The highest BCUT2D eigenvalue weighted by atomic mass is 31.2. The van der Waals surface area contributed by atoms with Crippen LogP contribution in [0.25, 0.3) is 0 Å². The quantitative estimate of drug-likeness (QED) is 0.0146. The second-order valence-corrected chi connectivity index (χ2v) is 29.8. The van der Waals surface area contributed by atoms with Crippen LogP contribution >= 0.6 is 15.6 Å². The molecule has 0 radical (unpaired) electrons. The first kappa shape index (κ1) is 95.7. The van der Waals surface area contributed by atoms with Crippen molar-refractivity contribution in [3.8, 4) is 0 Å². The summed E-state index contributed by atoms with van der Waals surface area (Å²) in [5.74, 6) is -1.57. The molecule has 0 aliphatic heterocycles. The number of hydrogen-bond donors (Lipinski definition) is 4. The highest BCUT2D eigenvalue weighted by Crippen LogP contribution is 2.45. The van der Waals surface area contributed by atoms with Gasteiger partial charge in [-0.1, -0.05) is 324 Å². The summed E-state index contributed by atoms with van der Waals surface area (Å²) in [5.41, 5.74) is 0. The first-order chi connectivity index (χ1) is 48.2. The smallest absolute Gasteiger partial charge is 0.463 e. The fourth-order valence-corrected chi connectivity index (χ4v) is 12.6. The minimum absolute atomic E-state index is 0.107. The molecule has 99 heavy (non-hydrogen) atoms. The third-order valence-corrected chi connectivity index (χ3v) is 19.0. The Balaban J connectivity index is 4.28. The molecule has 0 aromatic rings. The van der Waals surface area contributed by atoms with Crippen molar-refractivity contribution in [3.63, 3.8) is 0 Å². The van der Waals surface area contributed by atoms with E-state index in [1.165, 1.54) is 167 Å². The predicted octanol–water partition coefficient (Wildman–Crippen LogP) is 23.2. The number of phosphoric ester groups is 2. The first-order valence-corrected chi connectivity index (χ1v) is 42.9. The van der Waals surface area contributed by atoms with Gasteiger partial charge in [0.1, 0.15) is 25.4 Å². The molecule has 0 aromatic heterocycles. The first-order valence-electron chi connectivity index (χ1n) is 39.9. The molecule has 5 atom stereocenters. The number of rotatable bonds is 76. The molecule has 0 spiro atoms. The molecule has 0 saturated carbocycles. The Morgan fingerprint density at radius 2 is 0.535 bits per heavy atom. The second-order valence-electron chi connectivity index (χ2n) is 26.8. The molecule has 0 aliphatic rings. The van der Waals surface area contributed by atoms with Crippen molar-refractivity contribution in [1.29, 1.82) is 0 Å². The SMILES string of the molecule is CC/C=C\C/C=C\C/C=C\CCCCCCCCCC(=O)OCC(COP(=O)(O)OCC(O)COP(=O)(O)OCC(O)COC(=O)CCCCCCCCCCCCCCCCCCCCC/C=C\C/C=C\C/C=C\C/C=C\CCCCC)OC(=O)CCCCCCCCCCCCC. The number of aliphatic hydroxyl groups excluding tert-OH is 2. The van der Waals surface area contributed by atoms with Crippen molar-refractivity contribution >= 4 is 33.6 Å². The topological polar surface area (TPSA) is 231 Å². The third-order valence-electron chi connectivity index (χ3n) is 17.1. The van der Waals surface area contributed by atoms with E-state index in [4.69, 9.17) is 32.3 Å². The highest BCUT2D eigenvalue weighted by Gasteiger charge is 2.29. The lowest BCUT2D eigenvalue weighted by molar-refractivity contribution is -0.161. The standard InChI is InChI=1S/C81H146O16P2/c1-4-7-10-13-16-19-22-24-26-28-29-30-31-32-33-34-35-36-37-38-39-40-41-42-43-44-45-47-49-50-53-55-58-61-64-67-79(84)91-70-76(82)71-93-98(87,88)94-72-77(83)73-95-99(89,90)96-75-78(97-81(86)69-66-63-60-57-52-21-18-15-12-9-6-3)74-92-80(85)68-65-62-59-56-54-51-48-46-27-25-23-20-17-14-11-8-5-2/h8,11,16-17,19-20,24-27,29-30,32-33,76-78,82-83H,4-7,9-10,12-15,18,21-23,28,31,34-75H2,1-3H3,(H,87,88)(H,89,90)/b11-8-,19-16-,20-17-,26-24-,27-25-,30-29-,33-32-. The number of esters is 3. The van der Waals surface area contributed by atoms with Gasteiger partial charge in [-0.3, -0.25) is 32.5 Å². The van der Waals surface area contributed by atoms with Crippen LogP contribution in [0.15, 0.2) is 85.1 Å². The monoisotopic (exact) mass is 1440 g/mol. The van der Waals surface area contributed by atoms with Crippen LogP contribution in [-0.2, 0) is 55.8 Å². The van der Waals surface area contributed by atoms with Crippen LogP contribution < -0.4 is 0 Å². The Morgan fingerprint density at radius 3 is 0.869 bits per heavy atom. The largest absolute Gasteiger partial charge is 0.472 e. The molecular formula is C81H146O16P2. The lowest BCUT2D eigenvalue weighted by Gasteiger charge is -2.21.